The predicted octanol–water partition coefficient (Wildman–Crippen LogP) is -1.00. The van der Waals surface area contributed by atoms with Crippen LogP contribution in [0.4, 0.5) is 0 Å². The Morgan fingerprint density at radius 3 is 2.35 bits per heavy atom. The molecule has 1 aromatic carbocycles. The molecule has 1 saturated heterocycles. The molecule has 9 N–H and O–H groups in total. The Hall–Kier alpha value is -3.51. The maximum Gasteiger partial charge on any atom is 0.326 e. The summed E-state index contributed by atoms with van der Waals surface area (Å²) in [5, 5.41) is 14.9. The van der Waals surface area contributed by atoms with Gasteiger partial charge in [0, 0.05) is 19.4 Å². The molecule has 1 aliphatic rings. The lowest BCUT2D eigenvalue weighted by Gasteiger charge is -2.28. The van der Waals surface area contributed by atoms with Crippen LogP contribution < -0.4 is 27.8 Å². The number of likely N-dealkylation sites (tertiary alicyclic amines) is 1. The summed E-state index contributed by atoms with van der Waals surface area (Å²) in [4.78, 5) is 63.3. The van der Waals surface area contributed by atoms with Gasteiger partial charge in [0.2, 0.25) is 23.6 Å². The lowest BCUT2D eigenvalue weighted by Crippen LogP contribution is -2.56. The Labute approximate surface area is 216 Å². The molecule has 0 spiro atoms. The standard InChI is InChI=1S/C25H38N6O6/c26-13-5-4-9-18(22(33)30-19(25(36)37)15-16-7-2-1-3-8-16)29-23(34)20-10-6-14-31(20)24(35)17(27)11-12-21(28)32/h1-3,7-8,17-20H,4-6,9-15,26-27H2,(H2,28,32)(H,29,34)(H,30,33)(H,36,37). The van der Waals surface area contributed by atoms with E-state index < -0.39 is 53.8 Å². The highest BCUT2D eigenvalue weighted by atomic mass is 16.4. The van der Waals surface area contributed by atoms with Crippen LogP contribution in [-0.4, -0.2) is 76.9 Å². The van der Waals surface area contributed by atoms with E-state index in [4.69, 9.17) is 17.2 Å². The van der Waals surface area contributed by atoms with E-state index in [0.717, 1.165) is 5.56 Å². The predicted molar refractivity (Wildman–Crippen MR) is 136 cm³/mol. The first-order valence-electron chi connectivity index (χ1n) is 12.6. The SMILES string of the molecule is NCCCCC(NC(=O)C1CCCN1C(=O)C(N)CCC(N)=O)C(=O)NC(Cc1ccccc1)C(=O)O. The van der Waals surface area contributed by atoms with Crippen molar-refractivity contribution in [1.29, 1.82) is 0 Å². The van der Waals surface area contributed by atoms with Crippen LogP contribution in [0, 0.1) is 0 Å². The van der Waals surface area contributed by atoms with Gasteiger partial charge in [-0.1, -0.05) is 30.3 Å². The third-order valence-electron chi connectivity index (χ3n) is 6.33. The normalized spacial score (nSPS) is 17.5. The smallest absolute Gasteiger partial charge is 0.326 e. The Bertz CT molecular complexity index is 943. The molecule has 1 aliphatic heterocycles. The van der Waals surface area contributed by atoms with Gasteiger partial charge >= 0.3 is 5.97 Å². The number of unbranched alkanes of at least 4 members (excludes halogenated alkanes) is 1. The minimum Gasteiger partial charge on any atom is -0.480 e. The number of carboxylic acid groups (broad SMARTS) is 1. The molecule has 0 aromatic heterocycles. The van der Waals surface area contributed by atoms with Gasteiger partial charge in [-0.2, -0.15) is 0 Å². The molecule has 0 aliphatic carbocycles. The van der Waals surface area contributed by atoms with Crippen LogP contribution in [0.1, 0.15) is 50.5 Å². The molecular weight excluding hydrogens is 480 g/mol. The number of carbonyl (C=O) groups is 5. The lowest BCUT2D eigenvalue weighted by molar-refractivity contribution is -0.143. The van der Waals surface area contributed by atoms with E-state index in [-0.39, 0.29) is 25.7 Å². The molecule has 4 amide bonds. The number of carboxylic acids is 1. The molecule has 0 saturated carbocycles. The topological polar surface area (TPSA) is 211 Å². The molecule has 37 heavy (non-hydrogen) atoms. The molecule has 1 fully saturated rings. The van der Waals surface area contributed by atoms with Gasteiger partial charge in [-0.15, -0.1) is 0 Å². The third-order valence-corrected chi connectivity index (χ3v) is 6.33. The fourth-order valence-corrected chi connectivity index (χ4v) is 4.29. The van der Waals surface area contributed by atoms with Gasteiger partial charge in [0.15, 0.2) is 0 Å². The van der Waals surface area contributed by atoms with Gasteiger partial charge in [-0.25, -0.2) is 4.79 Å². The van der Waals surface area contributed by atoms with Gasteiger partial charge in [0.1, 0.15) is 18.1 Å². The summed E-state index contributed by atoms with van der Waals surface area (Å²) in [6.45, 7) is 0.728. The molecule has 1 heterocycles. The van der Waals surface area contributed by atoms with E-state index >= 15 is 0 Å². The van der Waals surface area contributed by atoms with Gasteiger partial charge in [-0.3, -0.25) is 19.2 Å². The number of primary amides is 1. The summed E-state index contributed by atoms with van der Waals surface area (Å²) in [6, 6.07) is 4.92. The summed E-state index contributed by atoms with van der Waals surface area (Å²) in [5.74, 6) is -3.37. The maximum absolute atomic E-state index is 13.2. The zero-order valence-electron chi connectivity index (χ0n) is 20.9. The van der Waals surface area contributed by atoms with Crippen molar-refractivity contribution < 1.29 is 29.1 Å². The van der Waals surface area contributed by atoms with E-state index in [2.05, 4.69) is 10.6 Å². The van der Waals surface area contributed by atoms with Crippen LogP contribution in [0.25, 0.3) is 0 Å². The summed E-state index contributed by atoms with van der Waals surface area (Å²) < 4.78 is 0. The van der Waals surface area contributed by atoms with E-state index in [1.165, 1.54) is 4.90 Å². The monoisotopic (exact) mass is 518 g/mol. The van der Waals surface area contributed by atoms with Crippen LogP contribution >= 0.6 is 0 Å². The number of rotatable bonds is 15. The minimum atomic E-state index is -1.19. The summed E-state index contributed by atoms with van der Waals surface area (Å²) in [5.41, 5.74) is 17.4. The molecule has 0 bridgehead atoms. The van der Waals surface area contributed by atoms with E-state index in [1.54, 1.807) is 24.3 Å². The quantitative estimate of drug-likeness (QED) is 0.158. The van der Waals surface area contributed by atoms with Gasteiger partial charge < -0.3 is 37.8 Å². The number of nitrogens with one attached hydrogen (secondary N) is 2. The third kappa shape index (κ3) is 9.47. The first-order chi connectivity index (χ1) is 17.6. The number of hydrogen-bond acceptors (Lipinski definition) is 7. The largest absolute Gasteiger partial charge is 0.480 e. The highest BCUT2D eigenvalue weighted by Crippen LogP contribution is 2.20. The van der Waals surface area contributed by atoms with Crippen molar-refractivity contribution >= 4 is 29.6 Å². The van der Waals surface area contributed by atoms with Crippen LogP contribution in [0.3, 0.4) is 0 Å². The number of amides is 4. The first kappa shape index (κ1) is 29.7. The number of aliphatic carboxylic acids is 1. The molecule has 0 radical (unpaired) electrons. The molecule has 4 unspecified atom stereocenters. The van der Waals surface area contributed by atoms with E-state index in [1.807, 2.05) is 6.07 Å². The highest BCUT2D eigenvalue weighted by molar-refractivity contribution is 5.94. The maximum atomic E-state index is 13.2. The van der Waals surface area contributed by atoms with Crippen molar-refractivity contribution in [3.63, 3.8) is 0 Å². The Balaban J connectivity index is 2.09. The average Bonchev–Trinajstić information content (AvgIpc) is 3.36. The number of hydrogen-bond donors (Lipinski definition) is 6. The zero-order chi connectivity index (χ0) is 27.4. The number of carbonyl (C=O) groups excluding carboxylic acids is 4. The number of benzene rings is 1. The lowest BCUT2D eigenvalue weighted by atomic mass is 10.0. The fraction of sp³-hybridized carbons (Fsp3) is 0.560. The molecule has 12 heteroatoms. The van der Waals surface area contributed by atoms with Crippen molar-refractivity contribution in [3.8, 4) is 0 Å². The summed E-state index contributed by atoms with van der Waals surface area (Å²) in [6.07, 6.45) is 2.49. The summed E-state index contributed by atoms with van der Waals surface area (Å²) in [7, 11) is 0. The number of nitrogens with zero attached hydrogens (tertiary/aromatic N) is 1. The van der Waals surface area contributed by atoms with Gasteiger partial charge in [-0.05, 0) is 50.6 Å². The molecule has 2 rings (SSSR count). The molecule has 1 aromatic rings. The molecule has 12 nitrogen and oxygen atoms in total. The molecular formula is C25H38N6O6. The molecule has 4 atom stereocenters. The fourth-order valence-electron chi connectivity index (χ4n) is 4.29. The second kappa shape index (κ2) is 14.9. The van der Waals surface area contributed by atoms with Crippen molar-refractivity contribution in [2.45, 2.75) is 75.5 Å². The van der Waals surface area contributed by atoms with Crippen LogP contribution in [0.5, 0.6) is 0 Å². The first-order valence-corrected chi connectivity index (χ1v) is 12.6. The Morgan fingerprint density at radius 1 is 1.03 bits per heavy atom. The molecule has 204 valence electrons. The van der Waals surface area contributed by atoms with Crippen molar-refractivity contribution in [1.82, 2.24) is 15.5 Å². The Kier molecular flexibility index (Phi) is 12.0. The minimum absolute atomic E-state index is 0.0469. The second-order valence-electron chi connectivity index (χ2n) is 9.24. The second-order valence-corrected chi connectivity index (χ2v) is 9.24. The van der Waals surface area contributed by atoms with Crippen molar-refractivity contribution in [2.75, 3.05) is 13.1 Å². The Morgan fingerprint density at radius 2 is 1.73 bits per heavy atom. The van der Waals surface area contributed by atoms with E-state index in [9.17, 15) is 29.1 Å². The highest BCUT2D eigenvalue weighted by Gasteiger charge is 2.37. The van der Waals surface area contributed by atoms with Crippen molar-refractivity contribution in [3.05, 3.63) is 35.9 Å². The van der Waals surface area contributed by atoms with Gasteiger partial charge in [0.25, 0.3) is 0 Å². The van der Waals surface area contributed by atoms with Crippen LogP contribution in [-0.2, 0) is 30.4 Å². The van der Waals surface area contributed by atoms with Crippen LogP contribution in [0.2, 0.25) is 0 Å². The van der Waals surface area contributed by atoms with Crippen molar-refractivity contribution in [2.24, 2.45) is 17.2 Å². The van der Waals surface area contributed by atoms with Gasteiger partial charge in [0.05, 0.1) is 6.04 Å². The van der Waals surface area contributed by atoms with Crippen LogP contribution in [0.15, 0.2) is 30.3 Å². The number of nitrogens with two attached hydrogens (primary N) is 3. The zero-order valence-corrected chi connectivity index (χ0v) is 20.9. The summed E-state index contributed by atoms with van der Waals surface area (Å²) >= 11 is 0. The average molecular weight is 519 g/mol. The van der Waals surface area contributed by atoms with E-state index in [0.29, 0.717) is 38.8 Å².